The first-order chi connectivity index (χ1) is 11.4. The highest BCUT2D eigenvalue weighted by Gasteiger charge is 2.25. The third-order valence-corrected chi connectivity index (χ3v) is 5.56. The van der Waals surface area contributed by atoms with Gasteiger partial charge in [0.1, 0.15) is 5.82 Å². The molecule has 1 aliphatic rings. The fourth-order valence-corrected chi connectivity index (χ4v) is 3.79. The molecule has 0 bridgehead atoms. The average Bonchev–Trinajstić information content (AvgIpc) is 2.99. The van der Waals surface area contributed by atoms with Gasteiger partial charge in [0, 0.05) is 12.9 Å². The standard InChI is InChI=1S/C19H19FO3S/c1-24(22,23)17-8-4-15(5-9-17)19-11-13(12-21)10-18(19)14-2-6-16(20)7-3-14/h2-9,13,21H,10-12H2,1H3. The molecule has 0 fully saturated rings. The van der Waals surface area contributed by atoms with E-state index in [0.717, 1.165) is 35.1 Å². The summed E-state index contributed by atoms with van der Waals surface area (Å²) in [7, 11) is -3.23. The number of aliphatic hydroxyl groups excluding tert-OH is 1. The summed E-state index contributed by atoms with van der Waals surface area (Å²) in [5.74, 6) is -0.148. The summed E-state index contributed by atoms with van der Waals surface area (Å²) >= 11 is 0. The van der Waals surface area contributed by atoms with Crippen LogP contribution < -0.4 is 0 Å². The van der Waals surface area contributed by atoms with Crippen molar-refractivity contribution in [3.05, 3.63) is 65.5 Å². The Morgan fingerprint density at radius 2 is 1.42 bits per heavy atom. The zero-order valence-electron chi connectivity index (χ0n) is 13.4. The molecule has 126 valence electrons. The molecule has 1 aliphatic carbocycles. The molecular formula is C19H19FO3S. The van der Waals surface area contributed by atoms with Gasteiger partial charge in [-0.05, 0) is 65.3 Å². The van der Waals surface area contributed by atoms with E-state index >= 15 is 0 Å². The van der Waals surface area contributed by atoms with Crippen LogP contribution in [-0.2, 0) is 9.84 Å². The summed E-state index contributed by atoms with van der Waals surface area (Å²) in [6.45, 7) is 0.0929. The first-order valence-corrected chi connectivity index (χ1v) is 9.67. The summed E-state index contributed by atoms with van der Waals surface area (Å²) in [5.41, 5.74) is 4.05. The summed E-state index contributed by atoms with van der Waals surface area (Å²) < 4.78 is 36.4. The molecule has 0 saturated carbocycles. The highest BCUT2D eigenvalue weighted by molar-refractivity contribution is 7.90. The molecule has 0 heterocycles. The van der Waals surface area contributed by atoms with Crippen molar-refractivity contribution < 1.29 is 17.9 Å². The van der Waals surface area contributed by atoms with Crippen molar-refractivity contribution in [2.75, 3.05) is 12.9 Å². The Morgan fingerprint density at radius 1 is 0.958 bits per heavy atom. The Hall–Kier alpha value is -1.98. The van der Waals surface area contributed by atoms with Crippen molar-refractivity contribution >= 4 is 21.0 Å². The van der Waals surface area contributed by atoms with Gasteiger partial charge in [-0.3, -0.25) is 0 Å². The van der Waals surface area contributed by atoms with Crippen LogP contribution in [0.3, 0.4) is 0 Å². The highest BCUT2D eigenvalue weighted by atomic mass is 32.2. The van der Waals surface area contributed by atoms with E-state index in [1.54, 1.807) is 36.4 Å². The van der Waals surface area contributed by atoms with Crippen LogP contribution in [0, 0.1) is 11.7 Å². The zero-order valence-corrected chi connectivity index (χ0v) is 14.2. The summed E-state index contributed by atoms with van der Waals surface area (Å²) in [5, 5.41) is 9.52. The van der Waals surface area contributed by atoms with Crippen LogP contribution in [-0.4, -0.2) is 26.4 Å². The van der Waals surface area contributed by atoms with Gasteiger partial charge in [0.05, 0.1) is 4.90 Å². The molecule has 0 aliphatic heterocycles. The molecule has 0 aromatic heterocycles. The van der Waals surface area contributed by atoms with Gasteiger partial charge in [0.15, 0.2) is 9.84 Å². The van der Waals surface area contributed by atoms with Gasteiger partial charge in [0.2, 0.25) is 0 Å². The van der Waals surface area contributed by atoms with Crippen molar-refractivity contribution in [3.8, 4) is 0 Å². The molecule has 3 rings (SSSR count). The second-order valence-electron chi connectivity index (χ2n) is 6.22. The normalized spacial score (nSPS) is 18.2. The van der Waals surface area contributed by atoms with Gasteiger partial charge in [-0.1, -0.05) is 24.3 Å². The molecule has 24 heavy (non-hydrogen) atoms. The number of sulfone groups is 1. The molecule has 2 aromatic carbocycles. The van der Waals surface area contributed by atoms with Crippen molar-refractivity contribution in [1.82, 2.24) is 0 Å². The Balaban J connectivity index is 2.04. The monoisotopic (exact) mass is 346 g/mol. The predicted octanol–water partition coefficient (Wildman–Crippen LogP) is 3.54. The van der Waals surface area contributed by atoms with Gasteiger partial charge in [-0.25, -0.2) is 12.8 Å². The molecule has 1 N–H and O–H groups in total. The smallest absolute Gasteiger partial charge is 0.175 e. The molecule has 5 heteroatoms. The molecule has 0 radical (unpaired) electrons. The number of hydrogen-bond acceptors (Lipinski definition) is 3. The first-order valence-electron chi connectivity index (χ1n) is 7.78. The maximum Gasteiger partial charge on any atom is 0.175 e. The minimum Gasteiger partial charge on any atom is -0.396 e. The fourth-order valence-electron chi connectivity index (χ4n) is 3.16. The Labute approximate surface area is 141 Å². The summed E-state index contributed by atoms with van der Waals surface area (Å²) in [6, 6.07) is 13.2. The van der Waals surface area contributed by atoms with E-state index in [-0.39, 0.29) is 23.2 Å². The van der Waals surface area contributed by atoms with E-state index < -0.39 is 9.84 Å². The molecule has 0 saturated heterocycles. The van der Waals surface area contributed by atoms with Crippen LogP contribution in [0.1, 0.15) is 24.0 Å². The molecule has 3 nitrogen and oxygen atoms in total. The molecule has 0 spiro atoms. The third kappa shape index (κ3) is 3.42. The predicted molar refractivity (Wildman–Crippen MR) is 92.6 cm³/mol. The lowest BCUT2D eigenvalue weighted by atomic mass is 9.97. The second kappa shape index (κ2) is 6.49. The van der Waals surface area contributed by atoms with Crippen LogP contribution in [0.25, 0.3) is 11.1 Å². The van der Waals surface area contributed by atoms with Gasteiger partial charge in [-0.15, -0.1) is 0 Å². The lowest BCUT2D eigenvalue weighted by Gasteiger charge is -2.09. The fraction of sp³-hybridized carbons (Fsp3) is 0.263. The Bertz CT molecular complexity index is 866. The number of benzene rings is 2. The van der Waals surface area contributed by atoms with Gasteiger partial charge in [-0.2, -0.15) is 0 Å². The van der Waals surface area contributed by atoms with Crippen LogP contribution in [0.15, 0.2) is 53.4 Å². The largest absolute Gasteiger partial charge is 0.396 e. The summed E-state index contributed by atoms with van der Waals surface area (Å²) in [6.07, 6.45) is 2.63. The van der Waals surface area contributed by atoms with E-state index in [1.165, 1.54) is 18.4 Å². The van der Waals surface area contributed by atoms with E-state index in [4.69, 9.17) is 0 Å². The Kier molecular flexibility index (Phi) is 4.56. The first kappa shape index (κ1) is 16.9. The van der Waals surface area contributed by atoms with Crippen molar-refractivity contribution in [2.24, 2.45) is 5.92 Å². The van der Waals surface area contributed by atoms with Crippen molar-refractivity contribution in [3.63, 3.8) is 0 Å². The molecule has 1 unspecified atom stereocenters. The lowest BCUT2D eigenvalue weighted by molar-refractivity contribution is 0.235. The van der Waals surface area contributed by atoms with Gasteiger partial charge in [0.25, 0.3) is 0 Å². The topological polar surface area (TPSA) is 54.4 Å². The minimum atomic E-state index is -3.23. The van der Waals surface area contributed by atoms with E-state index in [1.807, 2.05) is 0 Å². The minimum absolute atomic E-state index is 0.0929. The van der Waals surface area contributed by atoms with E-state index in [2.05, 4.69) is 0 Å². The summed E-state index contributed by atoms with van der Waals surface area (Å²) in [4.78, 5) is 0.284. The molecule has 2 aromatic rings. The number of rotatable bonds is 4. The third-order valence-electron chi connectivity index (χ3n) is 4.43. The lowest BCUT2D eigenvalue weighted by Crippen LogP contribution is -2.00. The average molecular weight is 346 g/mol. The van der Waals surface area contributed by atoms with Crippen LogP contribution in [0.2, 0.25) is 0 Å². The number of aliphatic hydroxyl groups is 1. The molecular weight excluding hydrogens is 327 g/mol. The van der Waals surface area contributed by atoms with Crippen LogP contribution >= 0.6 is 0 Å². The van der Waals surface area contributed by atoms with Crippen LogP contribution in [0.5, 0.6) is 0 Å². The van der Waals surface area contributed by atoms with Gasteiger partial charge < -0.3 is 5.11 Å². The second-order valence-corrected chi connectivity index (χ2v) is 8.23. The zero-order chi connectivity index (χ0) is 17.3. The highest BCUT2D eigenvalue weighted by Crippen LogP contribution is 2.43. The van der Waals surface area contributed by atoms with E-state index in [9.17, 15) is 17.9 Å². The van der Waals surface area contributed by atoms with Crippen molar-refractivity contribution in [1.29, 1.82) is 0 Å². The molecule has 1 atom stereocenters. The maximum atomic E-state index is 13.2. The van der Waals surface area contributed by atoms with Crippen LogP contribution in [0.4, 0.5) is 4.39 Å². The SMILES string of the molecule is CS(=O)(=O)c1ccc(C2=C(c3ccc(F)cc3)CC(CO)C2)cc1. The maximum absolute atomic E-state index is 13.2. The number of hydrogen-bond donors (Lipinski definition) is 1. The van der Waals surface area contributed by atoms with E-state index in [0.29, 0.717) is 0 Å². The van der Waals surface area contributed by atoms with Crippen molar-refractivity contribution in [2.45, 2.75) is 17.7 Å². The Morgan fingerprint density at radius 3 is 1.83 bits per heavy atom. The molecule has 0 amide bonds. The number of allylic oxidation sites excluding steroid dienone is 2. The van der Waals surface area contributed by atoms with Gasteiger partial charge >= 0.3 is 0 Å². The number of halogens is 1. The quantitative estimate of drug-likeness (QED) is 0.921.